The van der Waals surface area contributed by atoms with Gasteiger partial charge in [-0.25, -0.2) is 9.78 Å². The maximum Gasteiger partial charge on any atom is 0.319 e. The van der Waals surface area contributed by atoms with Crippen molar-refractivity contribution in [2.24, 2.45) is 0 Å². The number of nitrogens with one attached hydrogen (secondary N) is 2. The van der Waals surface area contributed by atoms with E-state index in [0.717, 1.165) is 0 Å². The fourth-order valence-electron chi connectivity index (χ4n) is 2.98. The molecule has 0 aliphatic carbocycles. The molecule has 26 heavy (non-hydrogen) atoms. The first-order valence-corrected chi connectivity index (χ1v) is 8.80. The number of urea groups is 1. The van der Waals surface area contributed by atoms with E-state index in [0.29, 0.717) is 57.3 Å². The molecule has 0 unspecified atom stereocenters. The van der Waals surface area contributed by atoms with Gasteiger partial charge in [0.2, 0.25) is 5.88 Å². The molecule has 2 aliphatic heterocycles. The number of likely N-dealkylation sites (tertiary alicyclic amines) is 1. The third-order valence-electron chi connectivity index (χ3n) is 4.37. The van der Waals surface area contributed by atoms with Crippen LogP contribution in [0.4, 0.5) is 10.5 Å². The highest BCUT2D eigenvalue weighted by molar-refractivity contribution is 5.88. The van der Waals surface area contributed by atoms with Crippen molar-refractivity contribution < 1.29 is 23.8 Å². The second-order valence-corrected chi connectivity index (χ2v) is 6.15. The quantitative estimate of drug-likeness (QED) is 0.807. The van der Waals surface area contributed by atoms with Crippen molar-refractivity contribution in [1.82, 2.24) is 15.2 Å². The molecule has 1 aromatic rings. The van der Waals surface area contributed by atoms with Crippen molar-refractivity contribution in [3.05, 3.63) is 18.3 Å². The maximum atomic E-state index is 12.3. The Bertz CT molecular complexity index is 621. The van der Waals surface area contributed by atoms with Crippen molar-refractivity contribution in [2.75, 3.05) is 44.8 Å². The molecule has 0 radical (unpaired) electrons. The molecule has 2 fully saturated rings. The van der Waals surface area contributed by atoms with E-state index in [-0.39, 0.29) is 18.5 Å². The Hall–Kier alpha value is -2.39. The highest BCUT2D eigenvalue weighted by Crippen LogP contribution is 2.31. The molecule has 142 valence electrons. The van der Waals surface area contributed by atoms with Gasteiger partial charge in [0.15, 0.2) is 12.4 Å². The van der Waals surface area contributed by atoms with Gasteiger partial charge in [0, 0.05) is 38.5 Å². The summed E-state index contributed by atoms with van der Waals surface area (Å²) in [5.41, 5.74) is 0.549. The summed E-state index contributed by atoms with van der Waals surface area (Å²) >= 11 is 0. The van der Waals surface area contributed by atoms with Crippen molar-refractivity contribution in [1.29, 1.82) is 0 Å². The minimum Gasteiger partial charge on any atom is -0.468 e. The van der Waals surface area contributed by atoms with E-state index in [1.165, 1.54) is 6.20 Å². The first-order valence-electron chi connectivity index (χ1n) is 8.80. The van der Waals surface area contributed by atoms with Crippen LogP contribution in [0.2, 0.25) is 0 Å². The van der Waals surface area contributed by atoms with E-state index in [4.69, 9.17) is 14.2 Å². The number of ether oxygens (including phenoxy) is 3. The fraction of sp³-hybridized carbons (Fsp3) is 0.588. The Balaban J connectivity index is 1.42. The zero-order valence-electron chi connectivity index (χ0n) is 14.8. The lowest BCUT2D eigenvalue weighted by molar-refractivity contribution is -0.187. The average molecular weight is 364 g/mol. The van der Waals surface area contributed by atoms with Gasteiger partial charge in [0.05, 0.1) is 25.1 Å². The van der Waals surface area contributed by atoms with Gasteiger partial charge in [-0.05, 0) is 13.0 Å². The summed E-state index contributed by atoms with van der Waals surface area (Å²) < 4.78 is 16.8. The number of amides is 3. The van der Waals surface area contributed by atoms with Crippen molar-refractivity contribution in [2.45, 2.75) is 25.6 Å². The van der Waals surface area contributed by atoms with Gasteiger partial charge < -0.3 is 29.7 Å². The van der Waals surface area contributed by atoms with Gasteiger partial charge in [-0.1, -0.05) is 0 Å². The van der Waals surface area contributed by atoms with E-state index in [1.807, 2.05) is 6.92 Å². The van der Waals surface area contributed by atoms with E-state index < -0.39 is 5.79 Å². The van der Waals surface area contributed by atoms with Crippen LogP contribution in [0.15, 0.2) is 18.3 Å². The lowest BCUT2D eigenvalue weighted by atomic mass is 10.0. The number of nitrogens with zero attached hydrogens (tertiary/aromatic N) is 2. The highest BCUT2D eigenvalue weighted by Gasteiger charge is 2.40. The molecule has 2 aliphatic rings. The van der Waals surface area contributed by atoms with Gasteiger partial charge in [0.25, 0.3) is 5.91 Å². The van der Waals surface area contributed by atoms with Gasteiger partial charge in [-0.15, -0.1) is 0 Å². The third-order valence-corrected chi connectivity index (χ3v) is 4.37. The molecule has 0 saturated carbocycles. The Morgan fingerprint density at radius 2 is 2.00 bits per heavy atom. The zero-order chi connectivity index (χ0) is 18.4. The molecule has 1 aromatic heterocycles. The number of carbonyl (C=O) groups is 2. The van der Waals surface area contributed by atoms with Crippen molar-refractivity contribution in [3.8, 4) is 5.88 Å². The summed E-state index contributed by atoms with van der Waals surface area (Å²) in [6.45, 7) is 4.71. The summed E-state index contributed by atoms with van der Waals surface area (Å²) in [7, 11) is 0. The molecule has 3 amide bonds. The van der Waals surface area contributed by atoms with Crippen LogP contribution in [-0.4, -0.2) is 67.1 Å². The standard InChI is InChI=1S/C17H24N4O5/c1-2-18-16(23)20-13-3-4-14(19-11-13)24-12-15(22)21-7-5-17(6-8-21)25-9-10-26-17/h3-4,11H,2,5-10,12H2,1H3,(H2,18,20,23). The smallest absolute Gasteiger partial charge is 0.319 e. The first kappa shape index (κ1) is 18.4. The molecule has 0 aromatic carbocycles. The predicted octanol–water partition coefficient (Wildman–Crippen LogP) is 0.967. The number of carbonyl (C=O) groups excluding carboxylic acids is 2. The summed E-state index contributed by atoms with van der Waals surface area (Å²) in [5, 5.41) is 5.27. The Morgan fingerprint density at radius 3 is 2.62 bits per heavy atom. The fourth-order valence-corrected chi connectivity index (χ4v) is 2.98. The van der Waals surface area contributed by atoms with Crippen LogP contribution in [0.1, 0.15) is 19.8 Å². The van der Waals surface area contributed by atoms with Crippen molar-refractivity contribution >= 4 is 17.6 Å². The number of hydrogen-bond donors (Lipinski definition) is 2. The Labute approximate surface area is 152 Å². The topological polar surface area (TPSA) is 102 Å². The summed E-state index contributed by atoms with van der Waals surface area (Å²) in [6, 6.07) is 2.98. The van der Waals surface area contributed by atoms with Gasteiger partial charge in [0.1, 0.15) is 0 Å². The summed E-state index contributed by atoms with van der Waals surface area (Å²) in [4.78, 5) is 29.6. The first-order chi connectivity index (χ1) is 12.6. The Morgan fingerprint density at radius 1 is 1.27 bits per heavy atom. The second-order valence-electron chi connectivity index (χ2n) is 6.15. The normalized spacial score (nSPS) is 18.6. The lowest BCUT2D eigenvalue weighted by Crippen LogP contribution is -2.48. The second kappa shape index (κ2) is 8.33. The lowest BCUT2D eigenvalue weighted by Gasteiger charge is -2.37. The Kier molecular flexibility index (Phi) is 5.89. The van der Waals surface area contributed by atoms with Crippen LogP contribution in [0.5, 0.6) is 5.88 Å². The monoisotopic (exact) mass is 364 g/mol. The van der Waals surface area contributed by atoms with E-state index in [2.05, 4.69) is 15.6 Å². The van der Waals surface area contributed by atoms with E-state index in [1.54, 1.807) is 17.0 Å². The minimum atomic E-state index is -0.494. The van der Waals surface area contributed by atoms with Crippen molar-refractivity contribution in [3.63, 3.8) is 0 Å². The van der Waals surface area contributed by atoms with Gasteiger partial charge >= 0.3 is 6.03 Å². The maximum absolute atomic E-state index is 12.3. The molecule has 9 nitrogen and oxygen atoms in total. The molecule has 2 saturated heterocycles. The number of anilines is 1. The third kappa shape index (κ3) is 4.61. The molecule has 1 spiro atoms. The number of pyridine rings is 1. The number of aromatic nitrogens is 1. The molecule has 2 N–H and O–H groups in total. The zero-order valence-corrected chi connectivity index (χ0v) is 14.8. The number of hydrogen-bond acceptors (Lipinski definition) is 6. The molecule has 0 bridgehead atoms. The van der Waals surface area contributed by atoms with Crippen LogP contribution in [0, 0.1) is 0 Å². The summed E-state index contributed by atoms with van der Waals surface area (Å²) in [5.74, 6) is -0.258. The van der Waals surface area contributed by atoms with Crippen LogP contribution < -0.4 is 15.4 Å². The molecule has 0 atom stereocenters. The minimum absolute atomic E-state index is 0.0786. The largest absolute Gasteiger partial charge is 0.468 e. The van der Waals surface area contributed by atoms with E-state index >= 15 is 0 Å². The molecule has 9 heteroatoms. The van der Waals surface area contributed by atoms with Gasteiger partial charge in [-0.2, -0.15) is 0 Å². The van der Waals surface area contributed by atoms with Crippen LogP contribution >= 0.6 is 0 Å². The number of piperidine rings is 1. The number of rotatable bonds is 5. The molecule has 3 heterocycles. The SMILES string of the molecule is CCNC(=O)Nc1ccc(OCC(=O)N2CCC3(CC2)OCCO3)nc1. The van der Waals surface area contributed by atoms with Crippen LogP contribution in [0.3, 0.4) is 0 Å². The summed E-state index contributed by atoms with van der Waals surface area (Å²) in [6.07, 6.45) is 2.84. The van der Waals surface area contributed by atoms with E-state index in [9.17, 15) is 9.59 Å². The molecular weight excluding hydrogens is 340 g/mol. The predicted molar refractivity (Wildman–Crippen MR) is 92.9 cm³/mol. The van der Waals surface area contributed by atoms with Crippen LogP contribution in [0.25, 0.3) is 0 Å². The average Bonchev–Trinajstić information content (AvgIpc) is 3.10. The molecular formula is C17H24N4O5. The van der Waals surface area contributed by atoms with Crippen LogP contribution in [-0.2, 0) is 14.3 Å². The highest BCUT2D eigenvalue weighted by atomic mass is 16.7. The van der Waals surface area contributed by atoms with Gasteiger partial charge in [-0.3, -0.25) is 4.79 Å². The molecule has 3 rings (SSSR count).